The number of H-pyrrole nitrogens is 1. The molecule has 1 aromatic carbocycles. The maximum Gasteiger partial charge on any atom is 0.330 e. The van der Waals surface area contributed by atoms with Gasteiger partial charge in [0.25, 0.3) is 5.56 Å². The van der Waals surface area contributed by atoms with E-state index < -0.39 is 26.9 Å². The minimum Gasteiger partial charge on any atom is -0.496 e. The van der Waals surface area contributed by atoms with Gasteiger partial charge in [-0.1, -0.05) is 31.5 Å². The van der Waals surface area contributed by atoms with Crippen LogP contribution in [0.15, 0.2) is 33.9 Å². The number of nitrogens with zero attached hydrogens (tertiary/aromatic N) is 2. The Morgan fingerprint density at radius 2 is 1.97 bits per heavy atom. The largest absolute Gasteiger partial charge is 0.496 e. The Hall–Kier alpha value is -2.45. The van der Waals surface area contributed by atoms with Crippen LogP contribution in [-0.4, -0.2) is 26.9 Å². The van der Waals surface area contributed by atoms with Crippen LogP contribution in [-0.2, 0) is 17.9 Å². The number of halogens is 2. The number of methoxy groups -OCH3 is 1. The average Bonchev–Trinajstić information content (AvgIpc) is 3.25. The first-order valence-corrected chi connectivity index (χ1v) is 10.8. The summed E-state index contributed by atoms with van der Waals surface area (Å²) in [4.78, 5) is 42.3. The first-order chi connectivity index (χ1) is 14.6. The zero-order valence-electron chi connectivity index (χ0n) is 17.7. The minimum absolute atomic E-state index is 0.0123. The normalized spacial score (nSPS) is 19.1. The van der Waals surface area contributed by atoms with Crippen molar-refractivity contribution >= 4 is 40.6 Å². The molecule has 1 amide bonds. The number of carbonyl (C=O) groups excluding carboxylic acids is 1. The molecule has 0 spiro atoms. The molecular formula is C21H26Cl2N4O4. The van der Waals surface area contributed by atoms with E-state index in [2.05, 4.69) is 4.98 Å². The third kappa shape index (κ3) is 4.19. The van der Waals surface area contributed by atoms with E-state index in [1.165, 1.54) is 16.6 Å². The van der Waals surface area contributed by atoms with Gasteiger partial charge in [-0.15, -0.1) is 23.2 Å². The van der Waals surface area contributed by atoms with Crippen molar-refractivity contribution in [2.45, 2.75) is 50.5 Å². The van der Waals surface area contributed by atoms with Crippen LogP contribution in [0.25, 0.3) is 0 Å². The number of hydrogen-bond acceptors (Lipinski definition) is 5. The molecular weight excluding hydrogens is 443 g/mol. The van der Waals surface area contributed by atoms with Crippen LogP contribution >= 0.6 is 23.2 Å². The monoisotopic (exact) mass is 468 g/mol. The van der Waals surface area contributed by atoms with Crippen LogP contribution in [0, 0.1) is 5.41 Å². The Bertz CT molecular complexity index is 1110. The van der Waals surface area contributed by atoms with Crippen molar-refractivity contribution in [1.82, 2.24) is 9.55 Å². The van der Waals surface area contributed by atoms with Crippen molar-refractivity contribution in [3.05, 3.63) is 50.7 Å². The van der Waals surface area contributed by atoms with Gasteiger partial charge in [-0.3, -0.25) is 24.0 Å². The number of aromatic amines is 1. The second kappa shape index (κ2) is 8.59. The molecule has 1 heterocycles. The molecule has 1 fully saturated rings. The number of amides is 1. The summed E-state index contributed by atoms with van der Waals surface area (Å²) in [5, 5.41) is 0. The maximum atomic E-state index is 13.6. The molecule has 3 rings (SSSR count). The molecule has 1 aromatic heterocycles. The van der Waals surface area contributed by atoms with E-state index in [0.717, 1.165) is 6.42 Å². The molecule has 0 aliphatic heterocycles. The molecule has 168 valence electrons. The summed E-state index contributed by atoms with van der Waals surface area (Å²) in [6, 6.07) is 7.12. The molecule has 1 unspecified atom stereocenters. The Labute approximate surface area is 189 Å². The van der Waals surface area contributed by atoms with E-state index in [-0.39, 0.29) is 24.5 Å². The van der Waals surface area contributed by atoms with Crippen LogP contribution in [0.4, 0.5) is 11.5 Å². The Kier molecular flexibility index (Phi) is 6.43. The number of nitrogens with one attached hydrogen (secondary N) is 1. The number of ether oxygens (including phenoxy) is 1. The average molecular weight is 469 g/mol. The topological polar surface area (TPSA) is 110 Å². The van der Waals surface area contributed by atoms with Crippen LogP contribution in [0.1, 0.15) is 38.7 Å². The summed E-state index contributed by atoms with van der Waals surface area (Å²) >= 11 is 12.5. The van der Waals surface area contributed by atoms with Gasteiger partial charge in [0.05, 0.1) is 19.1 Å². The molecule has 2 aromatic rings. The summed E-state index contributed by atoms with van der Waals surface area (Å²) in [7, 11) is 1.52. The number of hydrogen-bond donors (Lipinski definition) is 2. The standard InChI is InChI=1S/C21H26Cl2N4O4/c1-4-5-10-26-16(24)15(17(28)25-19(26)30)27(18(29)20(2)12-21(20,22)23)11-13-8-6-7-9-14(13)31-3/h6-9H,4-5,10-12,24H2,1-3H3,(H,25,28,30). The SMILES string of the molecule is CCCCn1c(N)c(N(Cc2ccccc2OC)C(=O)C2(C)CC2(Cl)Cl)c(=O)[nH]c1=O. The molecule has 1 saturated carbocycles. The third-order valence-electron chi connectivity index (χ3n) is 5.72. The van der Waals surface area contributed by atoms with Gasteiger partial charge in [-0.25, -0.2) is 4.79 Å². The quantitative estimate of drug-likeness (QED) is 0.578. The Balaban J connectivity index is 2.16. The maximum absolute atomic E-state index is 13.6. The second-order valence-corrected chi connectivity index (χ2v) is 9.40. The van der Waals surface area contributed by atoms with E-state index in [1.807, 2.05) is 6.92 Å². The summed E-state index contributed by atoms with van der Waals surface area (Å²) in [5.41, 5.74) is 4.35. The van der Waals surface area contributed by atoms with Gasteiger partial charge >= 0.3 is 5.69 Å². The smallest absolute Gasteiger partial charge is 0.330 e. The highest BCUT2D eigenvalue weighted by atomic mass is 35.5. The van der Waals surface area contributed by atoms with Gasteiger partial charge in [0.15, 0.2) is 5.69 Å². The highest BCUT2D eigenvalue weighted by Gasteiger charge is 2.69. The van der Waals surface area contributed by atoms with Crippen LogP contribution in [0.2, 0.25) is 0 Å². The van der Waals surface area contributed by atoms with E-state index in [1.54, 1.807) is 31.2 Å². The lowest BCUT2D eigenvalue weighted by Crippen LogP contribution is -2.44. The summed E-state index contributed by atoms with van der Waals surface area (Å²) in [5.74, 6) is 0.00399. The molecule has 1 atom stereocenters. The first-order valence-electron chi connectivity index (χ1n) is 10.0. The minimum atomic E-state index is -1.25. The number of anilines is 2. The Morgan fingerprint density at radius 1 is 1.32 bits per heavy atom. The number of alkyl halides is 2. The lowest BCUT2D eigenvalue weighted by atomic mass is 10.1. The van der Waals surface area contributed by atoms with Crippen molar-refractivity contribution in [3.8, 4) is 5.75 Å². The summed E-state index contributed by atoms with van der Waals surface area (Å²) in [6.45, 7) is 3.91. The van der Waals surface area contributed by atoms with Crippen molar-refractivity contribution in [2.75, 3.05) is 17.7 Å². The Morgan fingerprint density at radius 3 is 2.55 bits per heavy atom. The van der Waals surface area contributed by atoms with Crippen molar-refractivity contribution in [2.24, 2.45) is 5.41 Å². The van der Waals surface area contributed by atoms with E-state index in [9.17, 15) is 14.4 Å². The number of unbranched alkanes of at least 4 members (excludes halogenated alkanes) is 1. The highest BCUT2D eigenvalue weighted by molar-refractivity contribution is 6.53. The molecule has 8 nitrogen and oxygen atoms in total. The number of carbonyl (C=O) groups is 1. The molecule has 1 aliphatic carbocycles. The van der Waals surface area contributed by atoms with Gasteiger partial charge < -0.3 is 10.5 Å². The third-order valence-corrected chi connectivity index (χ3v) is 6.82. The molecule has 0 bridgehead atoms. The van der Waals surface area contributed by atoms with E-state index in [0.29, 0.717) is 24.3 Å². The van der Waals surface area contributed by atoms with Gasteiger partial charge in [0, 0.05) is 12.1 Å². The number of para-hydroxylation sites is 1. The molecule has 31 heavy (non-hydrogen) atoms. The predicted molar refractivity (Wildman–Crippen MR) is 122 cm³/mol. The second-order valence-electron chi connectivity index (χ2n) is 7.91. The van der Waals surface area contributed by atoms with E-state index >= 15 is 0 Å². The van der Waals surface area contributed by atoms with E-state index in [4.69, 9.17) is 33.7 Å². The van der Waals surface area contributed by atoms with Crippen LogP contribution in [0.5, 0.6) is 5.75 Å². The lowest BCUT2D eigenvalue weighted by Gasteiger charge is -2.28. The lowest BCUT2D eigenvalue weighted by molar-refractivity contribution is -0.123. The van der Waals surface area contributed by atoms with Crippen LogP contribution in [0.3, 0.4) is 0 Å². The van der Waals surface area contributed by atoms with Crippen molar-refractivity contribution in [1.29, 1.82) is 0 Å². The van der Waals surface area contributed by atoms with Gasteiger partial charge in [0.1, 0.15) is 15.9 Å². The van der Waals surface area contributed by atoms with Gasteiger partial charge in [-0.2, -0.15) is 0 Å². The molecule has 3 N–H and O–H groups in total. The zero-order chi connectivity index (χ0) is 23.0. The highest BCUT2D eigenvalue weighted by Crippen LogP contribution is 2.64. The number of nitrogens with two attached hydrogens (primary N) is 1. The number of rotatable bonds is 8. The fourth-order valence-electron chi connectivity index (χ4n) is 3.56. The van der Waals surface area contributed by atoms with Crippen LogP contribution < -0.4 is 26.6 Å². The molecule has 1 aliphatic rings. The van der Waals surface area contributed by atoms with Gasteiger partial charge in [0.2, 0.25) is 5.91 Å². The van der Waals surface area contributed by atoms with Crippen molar-refractivity contribution in [3.63, 3.8) is 0 Å². The predicted octanol–water partition coefficient (Wildman–Crippen LogP) is 3.04. The summed E-state index contributed by atoms with van der Waals surface area (Å²) in [6.07, 6.45) is 1.74. The number of benzene rings is 1. The fraction of sp³-hybridized carbons (Fsp3) is 0.476. The van der Waals surface area contributed by atoms with Gasteiger partial charge in [-0.05, 0) is 25.8 Å². The fourth-order valence-corrected chi connectivity index (χ4v) is 4.26. The molecule has 0 saturated heterocycles. The first kappa shape index (κ1) is 23.2. The molecule has 0 radical (unpaired) electrons. The molecule has 10 heteroatoms. The van der Waals surface area contributed by atoms with Crippen molar-refractivity contribution < 1.29 is 9.53 Å². The zero-order valence-corrected chi connectivity index (χ0v) is 19.2. The number of nitrogen functional groups attached to an aromatic ring is 1. The summed E-state index contributed by atoms with van der Waals surface area (Å²) < 4.78 is 5.42. The number of aromatic nitrogens is 2.